The summed E-state index contributed by atoms with van der Waals surface area (Å²) >= 11 is 0. The molecule has 5 rings (SSSR count). The second-order valence-electron chi connectivity index (χ2n) is 8.96. The van der Waals surface area contributed by atoms with E-state index >= 15 is 0 Å². The Balaban J connectivity index is 1.45. The Morgan fingerprint density at radius 3 is 2.61 bits per heavy atom. The van der Waals surface area contributed by atoms with Crippen molar-refractivity contribution in [1.29, 1.82) is 0 Å². The van der Waals surface area contributed by atoms with E-state index in [1.165, 1.54) is 19.3 Å². The third-order valence-electron chi connectivity index (χ3n) is 6.96. The molecule has 3 heterocycles. The van der Waals surface area contributed by atoms with Crippen molar-refractivity contribution in [2.75, 3.05) is 43.6 Å². The predicted molar refractivity (Wildman–Crippen MR) is 131 cm³/mol. The number of carbonyl (C=O) groups excluding carboxylic acids is 1. The molecule has 7 heteroatoms. The van der Waals surface area contributed by atoms with Crippen LogP contribution in [-0.4, -0.2) is 48.9 Å². The number of rotatable bonds is 5. The third-order valence-corrected chi connectivity index (χ3v) is 6.96. The topological polar surface area (TPSA) is 68.6 Å². The monoisotopic (exact) mass is 448 g/mol. The van der Waals surface area contributed by atoms with E-state index in [0.29, 0.717) is 30.5 Å². The minimum absolute atomic E-state index is 0.110. The fourth-order valence-electron chi connectivity index (χ4n) is 5.28. The molecule has 7 nitrogen and oxygen atoms in total. The first kappa shape index (κ1) is 21.8. The fourth-order valence-corrected chi connectivity index (χ4v) is 5.28. The van der Waals surface area contributed by atoms with Gasteiger partial charge in [-0.25, -0.2) is 4.98 Å². The lowest BCUT2D eigenvalue weighted by atomic mass is 9.95. The summed E-state index contributed by atoms with van der Waals surface area (Å²) in [5, 5.41) is 4.01. The van der Waals surface area contributed by atoms with E-state index in [9.17, 15) is 4.79 Å². The van der Waals surface area contributed by atoms with Crippen molar-refractivity contribution < 1.29 is 14.3 Å². The van der Waals surface area contributed by atoms with Gasteiger partial charge in [-0.3, -0.25) is 4.79 Å². The van der Waals surface area contributed by atoms with Gasteiger partial charge in [-0.2, -0.15) is 0 Å². The summed E-state index contributed by atoms with van der Waals surface area (Å²) in [5.41, 5.74) is 3.52. The molecule has 1 aliphatic heterocycles. The summed E-state index contributed by atoms with van der Waals surface area (Å²) in [6.45, 7) is 5.17. The first-order valence-electron chi connectivity index (χ1n) is 11.9. The molecule has 0 unspecified atom stereocenters. The number of amides is 1. The number of fused-ring (bicyclic) bond motifs is 1. The van der Waals surface area contributed by atoms with Crippen LogP contribution in [0.4, 0.5) is 11.5 Å². The van der Waals surface area contributed by atoms with Crippen molar-refractivity contribution in [2.24, 2.45) is 0 Å². The number of pyridine rings is 1. The molecule has 0 atom stereocenters. The number of nitrogens with one attached hydrogen (secondary N) is 1. The molecule has 1 saturated heterocycles. The number of carbonyl (C=O) groups is 1. The number of anilines is 2. The van der Waals surface area contributed by atoms with E-state index < -0.39 is 0 Å². The molecule has 2 aromatic heterocycles. The summed E-state index contributed by atoms with van der Waals surface area (Å²) in [5.74, 6) is 1.56. The molecule has 0 spiro atoms. The van der Waals surface area contributed by atoms with Crippen LogP contribution in [0, 0.1) is 6.92 Å². The van der Waals surface area contributed by atoms with Crippen LogP contribution in [0.25, 0.3) is 10.9 Å². The van der Waals surface area contributed by atoms with Crippen LogP contribution in [0.3, 0.4) is 0 Å². The third kappa shape index (κ3) is 4.29. The zero-order valence-corrected chi connectivity index (χ0v) is 19.5. The number of benzene rings is 1. The smallest absolute Gasteiger partial charge is 0.258 e. The minimum Gasteiger partial charge on any atom is -0.497 e. The van der Waals surface area contributed by atoms with Crippen molar-refractivity contribution in [3.63, 3.8) is 0 Å². The van der Waals surface area contributed by atoms with Gasteiger partial charge in [0.1, 0.15) is 11.6 Å². The number of aromatic nitrogens is 2. The number of hydrogen-bond acceptors (Lipinski definition) is 5. The fraction of sp³-hybridized carbons (Fsp3) is 0.462. The predicted octanol–water partition coefficient (Wildman–Crippen LogP) is 4.95. The Hall–Kier alpha value is -3.06. The highest BCUT2D eigenvalue weighted by Gasteiger charge is 2.26. The van der Waals surface area contributed by atoms with E-state index in [1.807, 2.05) is 24.3 Å². The average Bonchev–Trinajstić information content (AvgIpc) is 3.16. The van der Waals surface area contributed by atoms with Crippen LogP contribution in [-0.2, 0) is 4.74 Å². The van der Waals surface area contributed by atoms with E-state index in [0.717, 1.165) is 54.1 Å². The van der Waals surface area contributed by atoms with Crippen LogP contribution < -0.4 is 15.0 Å². The molecule has 33 heavy (non-hydrogen) atoms. The van der Waals surface area contributed by atoms with Gasteiger partial charge >= 0.3 is 0 Å². The number of nitrogens with zero attached hydrogens (tertiary/aromatic N) is 3. The minimum atomic E-state index is -0.110. The highest BCUT2D eigenvalue weighted by Crippen LogP contribution is 2.37. The van der Waals surface area contributed by atoms with Gasteiger partial charge in [-0.1, -0.05) is 19.3 Å². The van der Waals surface area contributed by atoms with Crippen LogP contribution in [0.2, 0.25) is 0 Å². The lowest BCUT2D eigenvalue weighted by Gasteiger charge is -2.27. The lowest BCUT2D eigenvalue weighted by Crippen LogP contribution is -2.36. The normalized spacial score (nSPS) is 17.3. The first-order valence-corrected chi connectivity index (χ1v) is 11.9. The number of morpholine rings is 1. The maximum atomic E-state index is 13.5. The molecular weight excluding hydrogens is 416 g/mol. The summed E-state index contributed by atoms with van der Waals surface area (Å²) in [6, 6.07) is 10.4. The number of hydrogen-bond donors (Lipinski definition) is 1. The zero-order valence-electron chi connectivity index (χ0n) is 19.5. The SMILES string of the molecule is COc1ccc2c(c1)c(C(=O)Nc1ccc(N3CCOCC3)nc1)c(C)n2C1CCCCC1. The Kier molecular flexibility index (Phi) is 6.22. The van der Waals surface area contributed by atoms with Gasteiger partial charge in [0.05, 0.1) is 37.8 Å². The first-order chi connectivity index (χ1) is 16.2. The Labute approximate surface area is 194 Å². The van der Waals surface area contributed by atoms with Crippen molar-refractivity contribution in [2.45, 2.75) is 45.1 Å². The van der Waals surface area contributed by atoms with Crippen molar-refractivity contribution in [1.82, 2.24) is 9.55 Å². The molecule has 1 aliphatic carbocycles. The molecule has 1 N–H and O–H groups in total. The zero-order chi connectivity index (χ0) is 22.8. The highest BCUT2D eigenvalue weighted by atomic mass is 16.5. The molecule has 3 aromatic rings. The highest BCUT2D eigenvalue weighted by molar-refractivity contribution is 6.14. The van der Waals surface area contributed by atoms with Crippen molar-refractivity contribution in [3.8, 4) is 5.75 Å². The molecule has 174 valence electrons. The Morgan fingerprint density at radius 1 is 1.12 bits per heavy atom. The van der Waals surface area contributed by atoms with Crippen LogP contribution in [0.5, 0.6) is 5.75 Å². The van der Waals surface area contributed by atoms with Gasteiger partial charge in [-0.15, -0.1) is 0 Å². The maximum absolute atomic E-state index is 13.5. The lowest BCUT2D eigenvalue weighted by molar-refractivity contribution is 0.102. The molecule has 0 radical (unpaired) electrons. The van der Waals surface area contributed by atoms with Gasteiger partial charge in [-0.05, 0) is 50.1 Å². The molecule has 1 saturated carbocycles. The van der Waals surface area contributed by atoms with Gasteiger partial charge < -0.3 is 24.3 Å². The van der Waals surface area contributed by atoms with Gasteiger partial charge in [0.2, 0.25) is 0 Å². The van der Waals surface area contributed by atoms with E-state index in [-0.39, 0.29) is 5.91 Å². The molecule has 1 amide bonds. The van der Waals surface area contributed by atoms with E-state index in [4.69, 9.17) is 9.47 Å². The number of ether oxygens (including phenoxy) is 2. The van der Waals surface area contributed by atoms with Crippen LogP contribution in [0.1, 0.15) is 54.2 Å². The quantitative estimate of drug-likeness (QED) is 0.598. The summed E-state index contributed by atoms with van der Waals surface area (Å²) in [6.07, 6.45) is 7.82. The van der Waals surface area contributed by atoms with Gasteiger partial charge in [0.25, 0.3) is 5.91 Å². The van der Waals surface area contributed by atoms with E-state index in [2.05, 4.69) is 32.8 Å². The maximum Gasteiger partial charge on any atom is 0.258 e. The molecular formula is C26H32N4O3. The van der Waals surface area contributed by atoms with Crippen LogP contribution >= 0.6 is 0 Å². The Bertz CT molecular complexity index is 1130. The van der Waals surface area contributed by atoms with E-state index in [1.54, 1.807) is 13.3 Å². The standard InChI is InChI=1S/C26H32N4O3/c1-18-25(26(31)28-19-8-11-24(27-17-19)29-12-14-33-15-13-29)22-16-21(32-2)9-10-23(22)30(18)20-6-4-3-5-7-20/h8-11,16-17,20H,3-7,12-15H2,1-2H3,(H,28,31). The molecule has 0 bridgehead atoms. The average molecular weight is 449 g/mol. The molecule has 1 aromatic carbocycles. The van der Waals surface area contributed by atoms with Gasteiger partial charge in [0.15, 0.2) is 0 Å². The van der Waals surface area contributed by atoms with Gasteiger partial charge in [0, 0.05) is 35.7 Å². The second-order valence-corrected chi connectivity index (χ2v) is 8.96. The van der Waals surface area contributed by atoms with Crippen LogP contribution in [0.15, 0.2) is 36.5 Å². The summed E-state index contributed by atoms with van der Waals surface area (Å²) < 4.78 is 13.3. The number of methoxy groups -OCH3 is 1. The Morgan fingerprint density at radius 2 is 1.91 bits per heavy atom. The molecule has 2 aliphatic rings. The molecule has 2 fully saturated rings. The summed E-state index contributed by atoms with van der Waals surface area (Å²) in [7, 11) is 1.66. The van der Waals surface area contributed by atoms with Crippen molar-refractivity contribution >= 4 is 28.3 Å². The summed E-state index contributed by atoms with van der Waals surface area (Å²) in [4.78, 5) is 20.3. The largest absolute Gasteiger partial charge is 0.497 e. The van der Waals surface area contributed by atoms with Crippen molar-refractivity contribution in [3.05, 3.63) is 47.8 Å². The second kappa shape index (κ2) is 9.43.